The highest BCUT2D eigenvalue weighted by molar-refractivity contribution is 5.69. The van der Waals surface area contributed by atoms with Gasteiger partial charge in [0.25, 0.3) is 0 Å². The number of nitriles is 2. The molecule has 1 aliphatic rings. The Morgan fingerprint density at radius 3 is 2.74 bits per heavy atom. The van der Waals surface area contributed by atoms with E-state index in [0.717, 1.165) is 12.8 Å². The second kappa shape index (κ2) is 5.88. The molecule has 96 valence electrons. The molecule has 1 atom stereocenters. The topological polar surface area (TPSA) is 83.1 Å². The largest absolute Gasteiger partial charge is 0.455 e. The average Bonchev–Trinajstić information content (AvgIpc) is 2.63. The van der Waals surface area contributed by atoms with Gasteiger partial charge in [0, 0.05) is 12.8 Å². The number of hydrogen-bond acceptors (Lipinski definition) is 5. The molecular formula is C14H12N2O3. The first kappa shape index (κ1) is 12.9. The van der Waals surface area contributed by atoms with E-state index in [9.17, 15) is 4.79 Å². The highest BCUT2D eigenvalue weighted by atomic mass is 16.7. The first-order valence-electron chi connectivity index (χ1n) is 6.03. The zero-order valence-corrected chi connectivity index (χ0v) is 10.3. The van der Waals surface area contributed by atoms with Crippen LogP contribution in [-0.4, -0.2) is 12.3 Å². The molecule has 1 heterocycles. The number of benzene rings is 1. The van der Waals surface area contributed by atoms with Gasteiger partial charge in [-0.3, -0.25) is 4.79 Å². The van der Waals surface area contributed by atoms with Crippen molar-refractivity contribution in [2.24, 2.45) is 0 Å². The predicted molar refractivity (Wildman–Crippen MR) is 64.8 cm³/mol. The number of carbonyl (C=O) groups is 1. The third-order valence-corrected chi connectivity index (χ3v) is 2.83. The SMILES string of the molecule is N#Cc1ccc(OC2CCCCC(=O)O2)cc1C#N. The van der Waals surface area contributed by atoms with Crippen LogP contribution in [0.3, 0.4) is 0 Å². The Labute approximate surface area is 111 Å². The quantitative estimate of drug-likeness (QED) is 0.758. The zero-order valence-electron chi connectivity index (χ0n) is 10.3. The molecule has 0 N–H and O–H groups in total. The van der Waals surface area contributed by atoms with Gasteiger partial charge in [-0.1, -0.05) is 0 Å². The lowest BCUT2D eigenvalue weighted by molar-refractivity contribution is -0.161. The van der Waals surface area contributed by atoms with Crippen molar-refractivity contribution in [3.63, 3.8) is 0 Å². The van der Waals surface area contributed by atoms with Crippen molar-refractivity contribution >= 4 is 5.97 Å². The summed E-state index contributed by atoms with van der Waals surface area (Å²) in [5.74, 6) is 0.159. The third-order valence-electron chi connectivity index (χ3n) is 2.83. The summed E-state index contributed by atoms with van der Waals surface area (Å²) >= 11 is 0. The summed E-state index contributed by atoms with van der Waals surface area (Å²) in [5.41, 5.74) is 0.549. The minimum atomic E-state index is -0.616. The lowest BCUT2D eigenvalue weighted by atomic mass is 10.1. The minimum Gasteiger partial charge on any atom is -0.455 e. The van der Waals surface area contributed by atoms with Gasteiger partial charge in [-0.15, -0.1) is 0 Å². The number of nitrogens with zero attached hydrogens (tertiary/aromatic N) is 2. The van der Waals surface area contributed by atoms with Crippen LogP contribution in [0.1, 0.15) is 36.8 Å². The number of ether oxygens (including phenoxy) is 2. The van der Waals surface area contributed by atoms with Crippen LogP contribution >= 0.6 is 0 Å². The Morgan fingerprint density at radius 2 is 2.00 bits per heavy atom. The molecule has 1 fully saturated rings. The zero-order chi connectivity index (χ0) is 13.7. The van der Waals surface area contributed by atoms with E-state index in [1.54, 1.807) is 6.07 Å². The molecule has 5 nitrogen and oxygen atoms in total. The standard InChI is InChI=1S/C14H12N2O3/c15-8-10-5-6-12(7-11(10)9-16)18-14-4-2-1-3-13(17)19-14/h5-7,14H,1-4H2. The Balaban J connectivity index is 2.13. The lowest BCUT2D eigenvalue weighted by Crippen LogP contribution is -2.22. The fourth-order valence-corrected chi connectivity index (χ4v) is 1.87. The van der Waals surface area contributed by atoms with E-state index in [1.165, 1.54) is 12.1 Å². The number of carbonyl (C=O) groups excluding carboxylic acids is 1. The van der Waals surface area contributed by atoms with E-state index in [1.807, 2.05) is 12.1 Å². The van der Waals surface area contributed by atoms with E-state index in [-0.39, 0.29) is 11.5 Å². The molecule has 1 aliphatic heterocycles. The maximum absolute atomic E-state index is 11.3. The first-order valence-corrected chi connectivity index (χ1v) is 6.03. The molecule has 1 saturated heterocycles. The summed E-state index contributed by atoms with van der Waals surface area (Å²) in [7, 11) is 0. The Kier molecular flexibility index (Phi) is 4.00. The van der Waals surface area contributed by atoms with Crippen molar-refractivity contribution in [2.75, 3.05) is 0 Å². The molecule has 0 saturated carbocycles. The normalized spacial score (nSPS) is 18.6. The van der Waals surface area contributed by atoms with Crippen molar-refractivity contribution in [1.82, 2.24) is 0 Å². The highest BCUT2D eigenvalue weighted by Crippen LogP contribution is 2.22. The van der Waals surface area contributed by atoms with Crippen molar-refractivity contribution in [3.05, 3.63) is 29.3 Å². The summed E-state index contributed by atoms with van der Waals surface area (Å²) < 4.78 is 10.7. The molecule has 0 spiro atoms. The van der Waals surface area contributed by atoms with Crippen LogP contribution in [0.5, 0.6) is 5.75 Å². The maximum atomic E-state index is 11.3. The molecular weight excluding hydrogens is 244 g/mol. The van der Waals surface area contributed by atoms with Gasteiger partial charge in [0.2, 0.25) is 6.29 Å². The Hall–Kier alpha value is -2.53. The van der Waals surface area contributed by atoms with Gasteiger partial charge >= 0.3 is 5.97 Å². The molecule has 1 unspecified atom stereocenters. The summed E-state index contributed by atoms with van der Waals surface area (Å²) in [6, 6.07) is 8.47. The number of rotatable bonds is 2. The molecule has 0 aromatic heterocycles. The highest BCUT2D eigenvalue weighted by Gasteiger charge is 2.20. The summed E-state index contributed by atoms with van der Waals surface area (Å²) in [4.78, 5) is 11.3. The van der Waals surface area contributed by atoms with Crippen molar-refractivity contribution in [2.45, 2.75) is 32.0 Å². The number of hydrogen-bond donors (Lipinski definition) is 0. The number of esters is 1. The summed E-state index contributed by atoms with van der Waals surface area (Å²) in [6.45, 7) is 0. The Bertz CT molecular complexity index is 569. The van der Waals surface area contributed by atoms with Crippen molar-refractivity contribution < 1.29 is 14.3 Å². The van der Waals surface area contributed by atoms with Gasteiger partial charge in [-0.2, -0.15) is 10.5 Å². The van der Waals surface area contributed by atoms with E-state index >= 15 is 0 Å². The van der Waals surface area contributed by atoms with Crippen LogP contribution in [0.25, 0.3) is 0 Å². The molecule has 2 rings (SSSR count). The van der Waals surface area contributed by atoms with Crippen LogP contribution < -0.4 is 4.74 Å². The van der Waals surface area contributed by atoms with Crippen molar-refractivity contribution in [3.8, 4) is 17.9 Å². The summed E-state index contributed by atoms with van der Waals surface area (Å²) in [5, 5.41) is 17.7. The van der Waals surface area contributed by atoms with Gasteiger partial charge in [-0.25, -0.2) is 0 Å². The average molecular weight is 256 g/mol. The van der Waals surface area contributed by atoms with Crippen LogP contribution in [0, 0.1) is 22.7 Å². The van der Waals surface area contributed by atoms with Crippen molar-refractivity contribution in [1.29, 1.82) is 10.5 Å². The number of cyclic esters (lactones) is 1. The van der Waals surface area contributed by atoms with Crippen LogP contribution in [0.2, 0.25) is 0 Å². The molecule has 0 aliphatic carbocycles. The van der Waals surface area contributed by atoms with Gasteiger partial charge in [-0.05, 0) is 31.0 Å². The smallest absolute Gasteiger partial charge is 0.308 e. The van der Waals surface area contributed by atoms with Crippen LogP contribution in [-0.2, 0) is 9.53 Å². The molecule has 0 bridgehead atoms. The predicted octanol–water partition coefficient (Wildman–Crippen LogP) is 2.25. The van der Waals surface area contributed by atoms with Crippen LogP contribution in [0.15, 0.2) is 18.2 Å². The molecule has 5 heteroatoms. The van der Waals surface area contributed by atoms with Gasteiger partial charge < -0.3 is 9.47 Å². The first-order chi connectivity index (χ1) is 9.22. The van der Waals surface area contributed by atoms with Gasteiger partial charge in [0.05, 0.1) is 11.1 Å². The molecule has 1 aromatic rings. The van der Waals surface area contributed by atoms with Crippen LogP contribution in [0.4, 0.5) is 0 Å². The van der Waals surface area contributed by atoms with E-state index in [4.69, 9.17) is 20.0 Å². The molecule has 19 heavy (non-hydrogen) atoms. The molecule has 0 amide bonds. The Morgan fingerprint density at radius 1 is 1.21 bits per heavy atom. The second-order valence-corrected chi connectivity index (χ2v) is 4.21. The third kappa shape index (κ3) is 3.23. The summed E-state index contributed by atoms with van der Waals surface area (Å²) in [6.07, 6.45) is 2.09. The lowest BCUT2D eigenvalue weighted by Gasteiger charge is -2.17. The maximum Gasteiger partial charge on any atom is 0.308 e. The molecule has 1 aromatic carbocycles. The fraction of sp³-hybridized carbons (Fsp3) is 0.357. The van der Waals surface area contributed by atoms with Gasteiger partial charge in [0.1, 0.15) is 17.9 Å². The van der Waals surface area contributed by atoms with E-state index < -0.39 is 6.29 Å². The van der Waals surface area contributed by atoms with E-state index in [2.05, 4.69) is 0 Å². The molecule has 0 radical (unpaired) electrons. The second-order valence-electron chi connectivity index (χ2n) is 4.21. The minimum absolute atomic E-state index is 0.250. The van der Waals surface area contributed by atoms with Gasteiger partial charge in [0.15, 0.2) is 0 Å². The monoisotopic (exact) mass is 256 g/mol. The fourth-order valence-electron chi connectivity index (χ4n) is 1.87. The van der Waals surface area contributed by atoms with E-state index in [0.29, 0.717) is 24.2 Å².